The molecule has 0 bridgehead atoms. The Kier molecular flexibility index (Phi) is 4.06. The van der Waals surface area contributed by atoms with E-state index in [2.05, 4.69) is 49.2 Å². The highest BCUT2D eigenvalue weighted by Gasteiger charge is 2.26. The van der Waals surface area contributed by atoms with E-state index in [0.717, 1.165) is 12.5 Å². The molecular formula is C15H24N2. The van der Waals surface area contributed by atoms with Crippen LogP contribution in [-0.4, -0.2) is 19.6 Å². The summed E-state index contributed by atoms with van der Waals surface area (Å²) in [5.41, 5.74) is 7.53. The van der Waals surface area contributed by atoms with Crippen LogP contribution in [0, 0.1) is 11.8 Å². The summed E-state index contributed by atoms with van der Waals surface area (Å²) in [7, 11) is 2.17. The molecular weight excluding hydrogens is 208 g/mol. The first-order valence-corrected chi connectivity index (χ1v) is 6.68. The third kappa shape index (κ3) is 3.22. The Balaban J connectivity index is 1.96. The van der Waals surface area contributed by atoms with Crippen molar-refractivity contribution < 1.29 is 0 Å². The van der Waals surface area contributed by atoms with E-state index in [4.69, 9.17) is 5.73 Å². The number of hydrogen-bond acceptors (Lipinski definition) is 2. The topological polar surface area (TPSA) is 29.3 Å². The van der Waals surface area contributed by atoms with Crippen LogP contribution in [0.3, 0.4) is 0 Å². The van der Waals surface area contributed by atoms with E-state index in [-0.39, 0.29) is 0 Å². The highest BCUT2D eigenvalue weighted by Crippen LogP contribution is 2.29. The van der Waals surface area contributed by atoms with Crippen molar-refractivity contribution in [3.8, 4) is 0 Å². The molecule has 1 aromatic rings. The molecule has 0 radical (unpaired) electrons. The van der Waals surface area contributed by atoms with Crippen LogP contribution in [0.1, 0.15) is 26.2 Å². The van der Waals surface area contributed by atoms with Gasteiger partial charge in [0, 0.05) is 25.3 Å². The monoisotopic (exact) mass is 232 g/mol. The van der Waals surface area contributed by atoms with Crippen molar-refractivity contribution in [2.75, 3.05) is 18.5 Å². The zero-order chi connectivity index (χ0) is 12.3. The number of nitrogens with two attached hydrogens (primary N) is 1. The molecule has 1 fully saturated rings. The average molecular weight is 232 g/mol. The van der Waals surface area contributed by atoms with Gasteiger partial charge in [-0.3, -0.25) is 0 Å². The molecule has 3 unspecified atom stereocenters. The van der Waals surface area contributed by atoms with E-state index in [0.29, 0.717) is 12.0 Å². The lowest BCUT2D eigenvalue weighted by molar-refractivity contribution is 0.250. The Morgan fingerprint density at radius 2 is 1.94 bits per heavy atom. The van der Waals surface area contributed by atoms with E-state index in [9.17, 15) is 0 Å². The second-order valence-corrected chi connectivity index (χ2v) is 5.56. The van der Waals surface area contributed by atoms with Crippen LogP contribution in [0.15, 0.2) is 30.3 Å². The van der Waals surface area contributed by atoms with Crippen molar-refractivity contribution in [3.05, 3.63) is 30.3 Å². The largest absolute Gasteiger partial charge is 0.374 e. The first kappa shape index (κ1) is 12.4. The minimum Gasteiger partial charge on any atom is -0.374 e. The van der Waals surface area contributed by atoms with Crippen molar-refractivity contribution in [1.82, 2.24) is 0 Å². The molecule has 17 heavy (non-hydrogen) atoms. The van der Waals surface area contributed by atoms with E-state index < -0.39 is 0 Å². The molecule has 0 spiro atoms. The normalized spacial score (nSPS) is 29.0. The van der Waals surface area contributed by atoms with Gasteiger partial charge < -0.3 is 10.6 Å². The summed E-state index contributed by atoms with van der Waals surface area (Å²) in [5, 5.41) is 0. The van der Waals surface area contributed by atoms with Crippen molar-refractivity contribution >= 4 is 5.69 Å². The minimum atomic E-state index is 0.386. The maximum Gasteiger partial charge on any atom is 0.0363 e. The molecule has 94 valence electrons. The predicted octanol–water partition coefficient (Wildman–Crippen LogP) is 2.89. The van der Waals surface area contributed by atoms with Gasteiger partial charge in [0.25, 0.3) is 0 Å². The number of para-hydroxylation sites is 1. The number of benzene rings is 1. The zero-order valence-electron chi connectivity index (χ0n) is 11.0. The van der Waals surface area contributed by atoms with Gasteiger partial charge in [0.2, 0.25) is 0 Å². The van der Waals surface area contributed by atoms with Gasteiger partial charge in [-0.25, -0.2) is 0 Å². The molecule has 0 heterocycles. The summed E-state index contributed by atoms with van der Waals surface area (Å²) in [6.45, 7) is 3.43. The predicted molar refractivity (Wildman–Crippen MR) is 74.2 cm³/mol. The second-order valence-electron chi connectivity index (χ2n) is 5.56. The van der Waals surface area contributed by atoms with Crippen molar-refractivity contribution in [3.63, 3.8) is 0 Å². The summed E-state index contributed by atoms with van der Waals surface area (Å²) in [6.07, 6.45) is 3.76. The Morgan fingerprint density at radius 3 is 2.65 bits per heavy atom. The van der Waals surface area contributed by atoms with Gasteiger partial charge in [-0.15, -0.1) is 0 Å². The van der Waals surface area contributed by atoms with Crippen LogP contribution in [-0.2, 0) is 0 Å². The second kappa shape index (κ2) is 5.54. The fraction of sp³-hybridized carbons (Fsp3) is 0.600. The molecule has 0 amide bonds. The molecule has 2 heteroatoms. The van der Waals surface area contributed by atoms with Gasteiger partial charge in [-0.2, -0.15) is 0 Å². The fourth-order valence-corrected chi connectivity index (χ4v) is 2.87. The first-order valence-electron chi connectivity index (χ1n) is 6.68. The maximum atomic E-state index is 6.24. The molecule has 0 saturated heterocycles. The lowest BCUT2D eigenvalue weighted by Crippen LogP contribution is -2.41. The lowest BCUT2D eigenvalue weighted by Gasteiger charge is -2.35. The van der Waals surface area contributed by atoms with Gasteiger partial charge in [0.1, 0.15) is 0 Å². The Morgan fingerprint density at radius 1 is 1.24 bits per heavy atom. The standard InChI is InChI=1S/C15H24N2/c1-12-8-9-15(16)13(10-12)11-17(2)14-6-4-3-5-7-14/h3-7,12-13,15H,8-11,16H2,1-2H3. The van der Waals surface area contributed by atoms with Crippen LogP contribution >= 0.6 is 0 Å². The van der Waals surface area contributed by atoms with Gasteiger partial charge in [-0.05, 0) is 43.2 Å². The molecule has 1 aliphatic carbocycles. The third-order valence-electron chi connectivity index (χ3n) is 4.01. The molecule has 2 rings (SSSR count). The molecule has 0 aromatic heterocycles. The summed E-state index contributed by atoms with van der Waals surface area (Å²) < 4.78 is 0. The van der Waals surface area contributed by atoms with Crippen molar-refractivity contribution in [2.24, 2.45) is 17.6 Å². The summed E-state index contributed by atoms with van der Waals surface area (Å²) in [4.78, 5) is 2.34. The van der Waals surface area contributed by atoms with Gasteiger partial charge in [0.15, 0.2) is 0 Å². The van der Waals surface area contributed by atoms with Crippen molar-refractivity contribution in [1.29, 1.82) is 0 Å². The fourth-order valence-electron chi connectivity index (χ4n) is 2.87. The number of rotatable bonds is 3. The Hall–Kier alpha value is -1.02. The van der Waals surface area contributed by atoms with Crippen LogP contribution < -0.4 is 10.6 Å². The number of nitrogens with zero attached hydrogens (tertiary/aromatic N) is 1. The molecule has 0 aliphatic heterocycles. The van der Waals surface area contributed by atoms with Gasteiger partial charge in [0.05, 0.1) is 0 Å². The Bertz CT molecular complexity index is 336. The van der Waals surface area contributed by atoms with Crippen LogP contribution in [0.2, 0.25) is 0 Å². The molecule has 1 saturated carbocycles. The van der Waals surface area contributed by atoms with Crippen LogP contribution in [0.4, 0.5) is 5.69 Å². The van der Waals surface area contributed by atoms with E-state index in [1.165, 1.54) is 24.9 Å². The number of anilines is 1. The molecule has 3 atom stereocenters. The maximum absolute atomic E-state index is 6.24. The van der Waals surface area contributed by atoms with Crippen LogP contribution in [0.25, 0.3) is 0 Å². The van der Waals surface area contributed by atoms with Crippen LogP contribution in [0.5, 0.6) is 0 Å². The van der Waals surface area contributed by atoms with E-state index >= 15 is 0 Å². The first-order chi connectivity index (χ1) is 8.16. The third-order valence-corrected chi connectivity index (χ3v) is 4.01. The Labute approximate surface area is 105 Å². The zero-order valence-corrected chi connectivity index (χ0v) is 11.0. The average Bonchev–Trinajstić information content (AvgIpc) is 2.35. The lowest BCUT2D eigenvalue weighted by atomic mass is 9.79. The van der Waals surface area contributed by atoms with Crippen molar-refractivity contribution in [2.45, 2.75) is 32.2 Å². The minimum absolute atomic E-state index is 0.386. The number of hydrogen-bond donors (Lipinski definition) is 1. The van der Waals surface area contributed by atoms with E-state index in [1.807, 2.05) is 0 Å². The summed E-state index contributed by atoms with van der Waals surface area (Å²) in [6, 6.07) is 11.0. The van der Waals surface area contributed by atoms with E-state index in [1.54, 1.807) is 0 Å². The molecule has 1 aromatic carbocycles. The molecule has 2 nitrogen and oxygen atoms in total. The smallest absolute Gasteiger partial charge is 0.0363 e. The summed E-state index contributed by atoms with van der Waals surface area (Å²) in [5.74, 6) is 1.48. The summed E-state index contributed by atoms with van der Waals surface area (Å²) >= 11 is 0. The van der Waals surface area contributed by atoms with Gasteiger partial charge >= 0.3 is 0 Å². The van der Waals surface area contributed by atoms with Gasteiger partial charge in [-0.1, -0.05) is 25.1 Å². The molecule has 1 aliphatic rings. The highest BCUT2D eigenvalue weighted by atomic mass is 15.1. The highest BCUT2D eigenvalue weighted by molar-refractivity contribution is 5.45. The molecule has 2 N–H and O–H groups in total. The quantitative estimate of drug-likeness (QED) is 0.868. The SMILES string of the molecule is CC1CCC(N)C(CN(C)c2ccccc2)C1.